The van der Waals surface area contributed by atoms with Crippen molar-refractivity contribution >= 4 is 23.4 Å². The number of rotatable bonds is 5. The quantitative estimate of drug-likeness (QED) is 0.687. The van der Waals surface area contributed by atoms with E-state index in [1.54, 1.807) is 11.8 Å². The van der Waals surface area contributed by atoms with Crippen molar-refractivity contribution in [2.75, 3.05) is 0 Å². The Kier molecular flexibility index (Phi) is 4.49. The number of aryl methyl sites for hydroxylation is 2. The smallest absolute Gasteiger partial charge is 0.236 e. The van der Waals surface area contributed by atoms with E-state index in [2.05, 4.69) is 15.3 Å². The van der Waals surface area contributed by atoms with Crippen LogP contribution in [0.4, 0.5) is 0 Å². The van der Waals surface area contributed by atoms with Gasteiger partial charge in [0.1, 0.15) is 5.76 Å². The van der Waals surface area contributed by atoms with Crippen molar-refractivity contribution < 1.29 is 9.05 Å². The normalized spacial score (nSPS) is 11.0. The number of thioether (sulfide) groups is 1. The molecule has 22 heavy (non-hydrogen) atoms. The summed E-state index contributed by atoms with van der Waals surface area (Å²) in [4.78, 5) is 4.40. The van der Waals surface area contributed by atoms with Gasteiger partial charge in [0.15, 0.2) is 0 Å². The Labute approximate surface area is 137 Å². The van der Waals surface area contributed by atoms with E-state index < -0.39 is 0 Å². The van der Waals surface area contributed by atoms with E-state index in [0.29, 0.717) is 23.2 Å². The lowest BCUT2D eigenvalue weighted by Crippen LogP contribution is -1.86. The molecule has 0 aliphatic rings. The van der Waals surface area contributed by atoms with Gasteiger partial charge in [-0.3, -0.25) is 0 Å². The van der Waals surface area contributed by atoms with Crippen molar-refractivity contribution in [1.29, 1.82) is 0 Å². The van der Waals surface area contributed by atoms with E-state index in [-0.39, 0.29) is 0 Å². The Morgan fingerprint density at radius 2 is 1.82 bits per heavy atom. The van der Waals surface area contributed by atoms with Gasteiger partial charge < -0.3 is 9.05 Å². The summed E-state index contributed by atoms with van der Waals surface area (Å²) in [5.41, 5.74) is 2.77. The van der Waals surface area contributed by atoms with Crippen LogP contribution in [0.5, 0.6) is 0 Å². The number of nitrogens with zero attached hydrogens (tertiary/aromatic N) is 3. The van der Waals surface area contributed by atoms with Gasteiger partial charge in [-0.05, 0) is 31.5 Å². The lowest BCUT2D eigenvalue weighted by Gasteiger charge is -1.99. The minimum atomic E-state index is 0.526. The van der Waals surface area contributed by atoms with E-state index >= 15 is 0 Å². The molecule has 0 unspecified atom stereocenters. The average Bonchev–Trinajstić information content (AvgIpc) is 3.08. The minimum Gasteiger partial charge on any atom is -0.361 e. The van der Waals surface area contributed by atoms with Gasteiger partial charge in [0.2, 0.25) is 11.7 Å². The third-order valence-corrected chi connectivity index (χ3v) is 4.37. The third-order valence-electron chi connectivity index (χ3n) is 3.13. The maximum atomic E-state index is 5.87. The summed E-state index contributed by atoms with van der Waals surface area (Å²) >= 11 is 7.57. The fourth-order valence-electron chi connectivity index (χ4n) is 2.05. The van der Waals surface area contributed by atoms with Crippen molar-refractivity contribution in [3.8, 4) is 11.4 Å². The van der Waals surface area contributed by atoms with Crippen LogP contribution in [-0.2, 0) is 11.5 Å². The molecule has 0 aliphatic carbocycles. The number of hydrogen-bond acceptors (Lipinski definition) is 6. The van der Waals surface area contributed by atoms with Gasteiger partial charge in [0.25, 0.3) is 0 Å². The number of halogens is 1. The SMILES string of the molecule is Cc1noc(C)c1-c1noc(CSCc2ccc(Cl)cc2)n1. The molecule has 0 amide bonds. The number of aromatic nitrogens is 3. The highest BCUT2D eigenvalue weighted by Gasteiger charge is 2.17. The van der Waals surface area contributed by atoms with Gasteiger partial charge >= 0.3 is 0 Å². The molecule has 2 aromatic heterocycles. The first-order valence-corrected chi connectivity index (χ1v) is 8.25. The van der Waals surface area contributed by atoms with Crippen molar-refractivity contribution in [3.05, 3.63) is 52.2 Å². The van der Waals surface area contributed by atoms with Crippen molar-refractivity contribution in [3.63, 3.8) is 0 Å². The highest BCUT2D eigenvalue weighted by atomic mass is 35.5. The largest absolute Gasteiger partial charge is 0.361 e. The van der Waals surface area contributed by atoms with E-state index in [0.717, 1.165) is 22.0 Å². The van der Waals surface area contributed by atoms with Crippen LogP contribution in [0, 0.1) is 13.8 Å². The van der Waals surface area contributed by atoms with Gasteiger partial charge in [0, 0.05) is 10.8 Å². The predicted molar refractivity (Wildman–Crippen MR) is 85.7 cm³/mol. The molecule has 3 rings (SSSR count). The summed E-state index contributed by atoms with van der Waals surface area (Å²) in [5, 5.41) is 8.64. The zero-order valence-electron chi connectivity index (χ0n) is 12.2. The Morgan fingerprint density at radius 3 is 2.50 bits per heavy atom. The van der Waals surface area contributed by atoms with Crippen LogP contribution >= 0.6 is 23.4 Å². The molecule has 0 spiro atoms. The highest BCUT2D eigenvalue weighted by Crippen LogP contribution is 2.25. The first-order valence-electron chi connectivity index (χ1n) is 6.71. The molecule has 114 valence electrons. The molecule has 0 saturated heterocycles. The second-order valence-corrected chi connectivity index (χ2v) is 6.25. The molecule has 2 heterocycles. The Morgan fingerprint density at radius 1 is 1.05 bits per heavy atom. The van der Waals surface area contributed by atoms with Crippen LogP contribution < -0.4 is 0 Å². The van der Waals surface area contributed by atoms with E-state index in [4.69, 9.17) is 20.6 Å². The minimum absolute atomic E-state index is 0.526. The van der Waals surface area contributed by atoms with E-state index in [9.17, 15) is 0 Å². The third kappa shape index (κ3) is 3.34. The molecular weight excluding hydrogens is 322 g/mol. The monoisotopic (exact) mass is 335 g/mol. The number of benzene rings is 1. The van der Waals surface area contributed by atoms with Crippen LogP contribution in [0.15, 0.2) is 33.3 Å². The zero-order chi connectivity index (χ0) is 15.5. The molecule has 0 aliphatic heterocycles. The molecule has 0 fully saturated rings. The van der Waals surface area contributed by atoms with Gasteiger partial charge in [-0.2, -0.15) is 4.98 Å². The molecule has 0 radical (unpaired) electrons. The van der Waals surface area contributed by atoms with Crippen LogP contribution in [-0.4, -0.2) is 15.3 Å². The lowest BCUT2D eigenvalue weighted by atomic mass is 10.2. The highest BCUT2D eigenvalue weighted by molar-refractivity contribution is 7.97. The van der Waals surface area contributed by atoms with Gasteiger partial charge in [-0.15, -0.1) is 11.8 Å². The Balaban J connectivity index is 1.61. The molecule has 0 N–H and O–H groups in total. The topological polar surface area (TPSA) is 65.0 Å². The molecule has 5 nitrogen and oxygen atoms in total. The van der Waals surface area contributed by atoms with Crippen molar-refractivity contribution in [2.45, 2.75) is 25.4 Å². The van der Waals surface area contributed by atoms with Gasteiger partial charge in [0.05, 0.1) is 17.0 Å². The van der Waals surface area contributed by atoms with E-state index in [1.807, 2.05) is 38.1 Å². The molecular formula is C15H14ClN3O2S. The molecule has 0 atom stereocenters. The Bertz CT molecular complexity index is 748. The second-order valence-electron chi connectivity index (χ2n) is 4.83. The summed E-state index contributed by atoms with van der Waals surface area (Å²) in [5.74, 6) is 3.32. The fourth-order valence-corrected chi connectivity index (χ4v) is 3.00. The van der Waals surface area contributed by atoms with E-state index in [1.165, 1.54) is 5.56 Å². The summed E-state index contributed by atoms with van der Waals surface area (Å²) in [7, 11) is 0. The van der Waals surface area contributed by atoms with Gasteiger partial charge in [-0.1, -0.05) is 34.0 Å². The average molecular weight is 336 g/mol. The second kappa shape index (κ2) is 6.54. The fraction of sp³-hybridized carbons (Fsp3) is 0.267. The molecule has 1 aromatic carbocycles. The molecule has 0 bridgehead atoms. The number of hydrogen-bond donors (Lipinski definition) is 0. The standard InChI is InChI=1S/C15H14ClN3O2S/c1-9-14(10(2)20-18-9)15-17-13(21-19-15)8-22-7-11-3-5-12(16)6-4-11/h3-6H,7-8H2,1-2H3. The van der Waals surface area contributed by atoms with Crippen LogP contribution in [0.3, 0.4) is 0 Å². The summed E-state index contributed by atoms with van der Waals surface area (Å²) in [6.07, 6.45) is 0. The summed E-state index contributed by atoms with van der Waals surface area (Å²) < 4.78 is 10.4. The molecule has 0 saturated carbocycles. The van der Waals surface area contributed by atoms with Crippen LogP contribution in [0.2, 0.25) is 5.02 Å². The first kappa shape index (κ1) is 15.1. The van der Waals surface area contributed by atoms with Crippen molar-refractivity contribution in [2.24, 2.45) is 0 Å². The zero-order valence-corrected chi connectivity index (χ0v) is 13.7. The Hall–Kier alpha value is -1.79. The van der Waals surface area contributed by atoms with Crippen molar-refractivity contribution in [1.82, 2.24) is 15.3 Å². The molecule has 7 heteroatoms. The maximum absolute atomic E-state index is 5.87. The maximum Gasteiger partial charge on any atom is 0.236 e. The van der Waals surface area contributed by atoms with Gasteiger partial charge in [-0.25, -0.2) is 0 Å². The van der Waals surface area contributed by atoms with Crippen LogP contribution in [0.25, 0.3) is 11.4 Å². The summed E-state index contributed by atoms with van der Waals surface area (Å²) in [6, 6.07) is 7.80. The summed E-state index contributed by atoms with van der Waals surface area (Å²) in [6.45, 7) is 3.69. The molecule has 3 aromatic rings. The van der Waals surface area contributed by atoms with Crippen LogP contribution in [0.1, 0.15) is 22.9 Å². The first-order chi connectivity index (χ1) is 10.6. The lowest BCUT2D eigenvalue weighted by molar-refractivity contribution is 0.389. The predicted octanol–water partition coefficient (Wildman–Crippen LogP) is 4.43.